The molecule has 2 saturated carbocycles. The molecule has 1 N–H and O–H groups in total. The minimum atomic E-state index is 0.0790. The lowest BCUT2D eigenvalue weighted by molar-refractivity contribution is -0.117. The van der Waals surface area contributed by atoms with Crippen molar-refractivity contribution in [2.24, 2.45) is 5.92 Å². The van der Waals surface area contributed by atoms with Gasteiger partial charge in [0.1, 0.15) is 0 Å². The highest BCUT2D eigenvalue weighted by Crippen LogP contribution is 2.31. The van der Waals surface area contributed by atoms with Gasteiger partial charge in [-0.25, -0.2) is 0 Å². The van der Waals surface area contributed by atoms with Crippen LogP contribution in [0.3, 0.4) is 0 Å². The first-order valence-electron chi connectivity index (χ1n) is 9.06. The largest absolute Gasteiger partial charge is 0.374 e. The molecule has 5 heteroatoms. The Morgan fingerprint density at radius 3 is 2.54 bits per heavy atom. The molecule has 2 aliphatic carbocycles. The summed E-state index contributed by atoms with van der Waals surface area (Å²) in [6.45, 7) is 1.29. The number of benzene rings is 1. The minimum Gasteiger partial charge on any atom is -0.374 e. The van der Waals surface area contributed by atoms with Crippen molar-refractivity contribution in [3.05, 3.63) is 29.8 Å². The summed E-state index contributed by atoms with van der Waals surface area (Å²) in [6, 6.07) is 7.50. The number of nitrogens with zero attached hydrogens (tertiary/aromatic N) is 1. The molecule has 0 unspecified atom stereocenters. The fraction of sp³-hybridized carbons (Fsp3) is 0.579. The lowest BCUT2D eigenvalue weighted by Gasteiger charge is -2.43. The predicted octanol–water partition coefficient (Wildman–Crippen LogP) is 2.82. The Morgan fingerprint density at radius 1 is 1.04 bits per heavy atom. The molecule has 4 rings (SSSR count). The Balaban J connectivity index is 1.44. The van der Waals surface area contributed by atoms with E-state index in [1.807, 2.05) is 29.2 Å². The fourth-order valence-corrected chi connectivity index (χ4v) is 3.80. The molecule has 0 bridgehead atoms. The Kier molecular flexibility index (Phi) is 4.27. The predicted molar refractivity (Wildman–Crippen MR) is 90.8 cm³/mol. The number of hydrogen-bond donors (Lipinski definition) is 1. The van der Waals surface area contributed by atoms with E-state index in [-0.39, 0.29) is 29.9 Å². The van der Waals surface area contributed by atoms with Crippen LogP contribution in [0.25, 0.3) is 0 Å². The van der Waals surface area contributed by atoms with Crippen LogP contribution < -0.4 is 5.32 Å². The van der Waals surface area contributed by atoms with E-state index in [1.165, 1.54) is 12.8 Å². The summed E-state index contributed by atoms with van der Waals surface area (Å²) in [4.78, 5) is 26.7. The van der Waals surface area contributed by atoms with Crippen LogP contribution >= 0.6 is 0 Å². The van der Waals surface area contributed by atoms with Gasteiger partial charge in [0, 0.05) is 23.7 Å². The third kappa shape index (κ3) is 3.18. The number of hydrogen-bond acceptors (Lipinski definition) is 3. The first-order chi connectivity index (χ1) is 11.7. The van der Waals surface area contributed by atoms with E-state index in [9.17, 15) is 9.59 Å². The maximum Gasteiger partial charge on any atom is 0.254 e. The summed E-state index contributed by atoms with van der Waals surface area (Å²) in [5.41, 5.74) is 1.45. The zero-order valence-corrected chi connectivity index (χ0v) is 13.9. The van der Waals surface area contributed by atoms with Gasteiger partial charge in [-0.2, -0.15) is 0 Å². The summed E-state index contributed by atoms with van der Waals surface area (Å²) >= 11 is 0. The van der Waals surface area contributed by atoms with Crippen molar-refractivity contribution in [3.63, 3.8) is 0 Å². The van der Waals surface area contributed by atoms with Crippen LogP contribution in [0.15, 0.2) is 24.3 Å². The van der Waals surface area contributed by atoms with Gasteiger partial charge in [0.2, 0.25) is 5.91 Å². The SMILES string of the molecule is O=C(Nc1ccc(C(=O)N2CCO[C@H]3CCCC[C@H]32)cc1)C1CC1. The van der Waals surface area contributed by atoms with Crippen LogP contribution in [0.4, 0.5) is 5.69 Å². The number of carbonyl (C=O) groups is 2. The van der Waals surface area contributed by atoms with Crippen LogP contribution in [0, 0.1) is 5.92 Å². The van der Waals surface area contributed by atoms with Gasteiger partial charge in [0.25, 0.3) is 5.91 Å². The lowest BCUT2D eigenvalue weighted by Crippen LogP contribution is -2.54. The number of fused-ring (bicyclic) bond motifs is 1. The van der Waals surface area contributed by atoms with Crippen LogP contribution in [-0.4, -0.2) is 42.0 Å². The molecule has 1 heterocycles. The molecule has 1 aliphatic heterocycles. The van der Waals surface area contributed by atoms with Crippen LogP contribution in [0.1, 0.15) is 48.9 Å². The van der Waals surface area contributed by atoms with E-state index < -0.39 is 0 Å². The molecular weight excluding hydrogens is 304 g/mol. The van der Waals surface area contributed by atoms with Crippen molar-refractivity contribution in [3.8, 4) is 0 Å². The van der Waals surface area contributed by atoms with Gasteiger partial charge in [-0.15, -0.1) is 0 Å². The average molecular weight is 328 g/mol. The summed E-state index contributed by atoms with van der Waals surface area (Å²) < 4.78 is 5.85. The molecule has 128 valence electrons. The highest BCUT2D eigenvalue weighted by atomic mass is 16.5. The normalized spacial score (nSPS) is 26.6. The number of rotatable bonds is 3. The molecule has 1 aromatic carbocycles. The van der Waals surface area contributed by atoms with Gasteiger partial charge in [0.05, 0.1) is 18.8 Å². The second-order valence-corrected chi connectivity index (χ2v) is 7.10. The zero-order chi connectivity index (χ0) is 16.5. The maximum atomic E-state index is 12.9. The third-order valence-electron chi connectivity index (χ3n) is 5.34. The van der Waals surface area contributed by atoms with Crippen LogP contribution in [0.2, 0.25) is 0 Å². The Labute approximate surface area is 142 Å². The number of morpholine rings is 1. The van der Waals surface area contributed by atoms with E-state index in [4.69, 9.17) is 4.74 Å². The second kappa shape index (κ2) is 6.55. The zero-order valence-electron chi connectivity index (χ0n) is 13.9. The standard InChI is InChI=1S/C19H24N2O3/c22-18(13-5-6-13)20-15-9-7-14(8-10-15)19(23)21-11-12-24-17-4-2-1-3-16(17)21/h7-10,13,16-17H,1-6,11-12H2,(H,20,22)/t16-,17+/m1/s1. The van der Waals surface area contributed by atoms with Crippen molar-refractivity contribution >= 4 is 17.5 Å². The number of carbonyl (C=O) groups excluding carboxylic acids is 2. The van der Waals surface area contributed by atoms with Crippen molar-refractivity contribution in [1.29, 1.82) is 0 Å². The molecule has 3 fully saturated rings. The van der Waals surface area contributed by atoms with E-state index in [0.29, 0.717) is 18.7 Å². The van der Waals surface area contributed by atoms with Crippen molar-refractivity contribution < 1.29 is 14.3 Å². The molecule has 5 nitrogen and oxygen atoms in total. The maximum absolute atomic E-state index is 12.9. The van der Waals surface area contributed by atoms with Gasteiger partial charge in [-0.05, 0) is 49.9 Å². The highest BCUT2D eigenvalue weighted by molar-refractivity contribution is 5.97. The number of nitrogens with one attached hydrogen (secondary N) is 1. The van der Waals surface area contributed by atoms with Gasteiger partial charge in [-0.1, -0.05) is 12.8 Å². The van der Waals surface area contributed by atoms with E-state index in [0.717, 1.165) is 31.4 Å². The van der Waals surface area contributed by atoms with Gasteiger partial charge >= 0.3 is 0 Å². The lowest BCUT2D eigenvalue weighted by atomic mass is 9.89. The molecule has 2 atom stereocenters. The van der Waals surface area contributed by atoms with Crippen molar-refractivity contribution in [2.45, 2.75) is 50.7 Å². The van der Waals surface area contributed by atoms with Crippen molar-refractivity contribution in [1.82, 2.24) is 4.90 Å². The summed E-state index contributed by atoms with van der Waals surface area (Å²) in [7, 11) is 0. The molecule has 1 saturated heterocycles. The highest BCUT2D eigenvalue weighted by Gasteiger charge is 2.37. The minimum absolute atomic E-state index is 0.0790. The summed E-state index contributed by atoms with van der Waals surface area (Å²) in [6.07, 6.45) is 6.63. The molecular formula is C19H24N2O3. The first-order valence-corrected chi connectivity index (χ1v) is 9.06. The van der Waals surface area contributed by atoms with Gasteiger partial charge in [0.15, 0.2) is 0 Å². The van der Waals surface area contributed by atoms with Gasteiger partial charge in [-0.3, -0.25) is 9.59 Å². The summed E-state index contributed by atoms with van der Waals surface area (Å²) in [5.74, 6) is 0.352. The molecule has 1 aromatic rings. The molecule has 0 aromatic heterocycles. The van der Waals surface area contributed by atoms with Crippen LogP contribution in [0.5, 0.6) is 0 Å². The van der Waals surface area contributed by atoms with Crippen molar-refractivity contribution in [2.75, 3.05) is 18.5 Å². The average Bonchev–Trinajstić information content (AvgIpc) is 3.46. The molecule has 2 amide bonds. The smallest absolute Gasteiger partial charge is 0.254 e. The van der Waals surface area contributed by atoms with Crippen LogP contribution in [-0.2, 0) is 9.53 Å². The second-order valence-electron chi connectivity index (χ2n) is 7.10. The molecule has 0 radical (unpaired) electrons. The topological polar surface area (TPSA) is 58.6 Å². The van der Waals surface area contributed by atoms with E-state index in [1.54, 1.807) is 0 Å². The Bertz CT molecular complexity index is 622. The quantitative estimate of drug-likeness (QED) is 0.928. The number of ether oxygens (including phenoxy) is 1. The Morgan fingerprint density at radius 2 is 1.79 bits per heavy atom. The molecule has 3 aliphatic rings. The Hall–Kier alpha value is -1.88. The van der Waals surface area contributed by atoms with E-state index in [2.05, 4.69) is 5.32 Å². The van der Waals surface area contributed by atoms with Gasteiger partial charge < -0.3 is 15.0 Å². The molecule has 24 heavy (non-hydrogen) atoms. The fourth-order valence-electron chi connectivity index (χ4n) is 3.80. The third-order valence-corrected chi connectivity index (χ3v) is 5.34. The summed E-state index contributed by atoms with van der Waals surface area (Å²) in [5, 5.41) is 2.91. The van der Waals surface area contributed by atoms with E-state index >= 15 is 0 Å². The molecule has 0 spiro atoms. The number of amides is 2. The first kappa shape index (κ1) is 15.6. The number of anilines is 1. The monoisotopic (exact) mass is 328 g/mol.